The summed E-state index contributed by atoms with van der Waals surface area (Å²) in [6, 6.07) is 2.24. The number of nitrogens with one attached hydrogen (secondary N) is 1. The summed E-state index contributed by atoms with van der Waals surface area (Å²) >= 11 is 0. The highest BCUT2D eigenvalue weighted by Crippen LogP contribution is 2.09. The first kappa shape index (κ1) is 15.4. The molecule has 0 bridgehead atoms. The molecule has 0 aromatic rings. The normalized spacial score (nSPS) is 18.9. The molecule has 1 unspecified atom stereocenters. The third-order valence-corrected chi connectivity index (χ3v) is 3.31. The van der Waals surface area contributed by atoms with Crippen molar-refractivity contribution in [1.29, 1.82) is 5.26 Å². The van der Waals surface area contributed by atoms with Gasteiger partial charge in [-0.15, -0.1) is 0 Å². The zero-order valence-electron chi connectivity index (χ0n) is 11.7. The van der Waals surface area contributed by atoms with Gasteiger partial charge in [-0.3, -0.25) is 9.59 Å². The highest BCUT2D eigenvalue weighted by molar-refractivity contribution is 5.76. The van der Waals surface area contributed by atoms with Gasteiger partial charge in [-0.05, 0) is 6.42 Å². The maximum Gasteiger partial charge on any atom is 0.223 e. The second-order valence-electron chi connectivity index (χ2n) is 4.96. The van der Waals surface area contributed by atoms with Crippen molar-refractivity contribution < 1.29 is 9.59 Å². The molecule has 0 aliphatic carbocycles. The summed E-state index contributed by atoms with van der Waals surface area (Å²) in [5.74, 6) is 0.0670. The average Bonchev–Trinajstić information content (AvgIpc) is 2.79. The van der Waals surface area contributed by atoms with Crippen LogP contribution in [0.1, 0.15) is 26.2 Å². The Hall–Kier alpha value is -1.61. The molecule has 6 nitrogen and oxygen atoms in total. The first-order valence-corrected chi connectivity index (χ1v) is 6.63. The maximum absolute atomic E-state index is 11.8. The van der Waals surface area contributed by atoms with Gasteiger partial charge in [-0.2, -0.15) is 5.26 Å². The van der Waals surface area contributed by atoms with Crippen LogP contribution in [0.2, 0.25) is 0 Å². The van der Waals surface area contributed by atoms with E-state index in [0.29, 0.717) is 25.9 Å². The summed E-state index contributed by atoms with van der Waals surface area (Å²) in [5, 5.41) is 11.4. The second-order valence-corrected chi connectivity index (χ2v) is 4.96. The van der Waals surface area contributed by atoms with Gasteiger partial charge in [0.1, 0.15) is 0 Å². The van der Waals surface area contributed by atoms with Crippen molar-refractivity contribution in [2.24, 2.45) is 0 Å². The van der Waals surface area contributed by atoms with Crippen molar-refractivity contribution in [2.45, 2.75) is 32.2 Å². The molecular weight excluding hydrogens is 244 g/mol. The van der Waals surface area contributed by atoms with E-state index in [9.17, 15) is 9.59 Å². The predicted molar refractivity (Wildman–Crippen MR) is 71.1 cm³/mol. The molecule has 0 aromatic heterocycles. The van der Waals surface area contributed by atoms with E-state index in [1.54, 1.807) is 11.9 Å². The maximum atomic E-state index is 11.8. The summed E-state index contributed by atoms with van der Waals surface area (Å²) in [5.41, 5.74) is 0. The van der Waals surface area contributed by atoms with Crippen LogP contribution in [0.25, 0.3) is 0 Å². The minimum Gasteiger partial charge on any atom is -0.352 e. The molecule has 1 heterocycles. The first-order valence-electron chi connectivity index (χ1n) is 6.63. The Balaban J connectivity index is 2.21. The Morgan fingerprint density at radius 2 is 2.26 bits per heavy atom. The number of nitriles is 1. The molecule has 0 spiro atoms. The lowest BCUT2D eigenvalue weighted by atomic mass is 10.2. The number of carbonyl (C=O) groups excluding carboxylic acids is 2. The van der Waals surface area contributed by atoms with Gasteiger partial charge >= 0.3 is 0 Å². The van der Waals surface area contributed by atoms with Crippen molar-refractivity contribution in [1.82, 2.24) is 15.1 Å². The second kappa shape index (κ2) is 7.74. The van der Waals surface area contributed by atoms with Crippen LogP contribution in [0, 0.1) is 11.3 Å². The standard InChI is InChI=1S/C13H22N4O2/c1-11(18)15-12-4-8-17(10-12)9-5-13(19)16(2)7-3-6-14/h12H,3-5,7-10H2,1-2H3,(H,15,18). The van der Waals surface area contributed by atoms with Gasteiger partial charge < -0.3 is 15.1 Å². The quantitative estimate of drug-likeness (QED) is 0.732. The van der Waals surface area contributed by atoms with E-state index in [2.05, 4.69) is 10.2 Å². The third kappa shape index (κ3) is 5.71. The molecule has 1 aliphatic rings. The first-order chi connectivity index (χ1) is 9.02. The summed E-state index contributed by atoms with van der Waals surface area (Å²) < 4.78 is 0. The molecule has 0 saturated carbocycles. The number of nitrogens with zero attached hydrogens (tertiary/aromatic N) is 3. The van der Waals surface area contributed by atoms with Crippen LogP contribution in [0.5, 0.6) is 0 Å². The lowest BCUT2D eigenvalue weighted by Crippen LogP contribution is -2.36. The molecule has 0 aromatic carbocycles. The topological polar surface area (TPSA) is 76.4 Å². The number of rotatable bonds is 6. The zero-order valence-corrected chi connectivity index (χ0v) is 11.7. The molecule has 1 fully saturated rings. The van der Waals surface area contributed by atoms with Crippen LogP contribution in [0.4, 0.5) is 0 Å². The van der Waals surface area contributed by atoms with Gasteiger partial charge in [0.25, 0.3) is 0 Å². The van der Waals surface area contributed by atoms with Gasteiger partial charge in [-0.25, -0.2) is 0 Å². The summed E-state index contributed by atoms with van der Waals surface area (Å²) in [7, 11) is 1.73. The highest BCUT2D eigenvalue weighted by Gasteiger charge is 2.23. The van der Waals surface area contributed by atoms with Crippen LogP contribution < -0.4 is 5.32 Å². The van der Waals surface area contributed by atoms with E-state index in [1.807, 2.05) is 6.07 Å². The fourth-order valence-electron chi connectivity index (χ4n) is 2.23. The zero-order chi connectivity index (χ0) is 14.3. The molecule has 6 heteroatoms. The van der Waals surface area contributed by atoms with Gasteiger partial charge in [0.15, 0.2) is 0 Å². The molecule has 1 saturated heterocycles. The van der Waals surface area contributed by atoms with Crippen LogP contribution in [-0.4, -0.2) is 60.9 Å². The number of hydrogen-bond donors (Lipinski definition) is 1. The van der Waals surface area contributed by atoms with E-state index in [4.69, 9.17) is 5.26 Å². The number of hydrogen-bond acceptors (Lipinski definition) is 4. The Morgan fingerprint density at radius 3 is 2.89 bits per heavy atom. The van der Waals surface area contributed by atoms with E-state index in [1.165, 1.54) is 6.92 Å². The minimum absolute atomic E-state index is 0.000775. The van der Waals surface area contributed by atoms with E-state index in [-0.39, 0.29) is 17.9 Å². The molecule has 2 amide bonds. The highest BCUT2D eigenvalue weighted by atomic mass is 16.2. The Morgan fingerprint density at radius 1 is 1.53 bits per heavy atom. The van der Waals surface area contributed by atoms with E-state index < -0.39 is 0 Å². The Labute approximate surface area is 114 Å². The number of carbonyl (C=O) groups is 2. The number of amides is 2. The van der Waals surface area contributed by atoms with Crippen molar-refractivity contribution in [2.75, 3.05) is 33.2 Å². The molecule has 1 atom stereocenters. The largest absolute Gasteiger partial charge is 0.352 e. The molecule has 1 rings (SSSR count). The Kier molecular flexibility index (Phi) is 6.30. The predicted octanol–water partition coefficient (Wildman–Crippen LogP) is -0.0410. The fourth-order valence-corrected chi connectivity index (χ4v) is 2.23. The van der Waals surface area contributed by atoms with E-state index >= 15 is 0 Å². The third-order valence-electron chi connectivity index (χ3n) is 3.31. The van der Waals surface area contributed by atoms with Crippen molar-refractivity contribution >= 4 is 11.8 Å². The van der Waals surface area contributed by atoms with Crippen molar-refractivity contribution in [3.8, 4) is 6.07 Å². The monoisotopic (exact) mass is 266 g/mol. The van der Waals surface area contributed by atoms with Crippen molar-refractivity contribution in [3.63, 3.8) is 0 Å². The molecule has 1 aliphatic heterocycles. The molecule has 0 radical (unpaired) electrons. The minimum atomic E-state index is -0.000775. The molecule has 19 heavy (non-hydrogen) atoms. The van der Waals surface area contributed by atoms with Gasteiger partial charge in [0, 0.05) is 52.6 Å². The fraction of sp³-hybridized carbons (Fsp3) is 0.769. The van der Waals surface area contributed by atoms with E-state index in [0.717, 1.165) is 19.5 Å². The van der Waals surface area contributed by atoms with Crippen LogP contribution in [0.3, 0.4) is 0 Å². The molecular formula is C13H22N4O2. The van der Waals surface area contributed by atoms with Gasteiger partial charge in [-0.1, -0.05) is 0 Å². The smallest absolute Gasteiger partial charge is 0.223 e. The number of likely N-dealkylation sites (tertiary alicyclic amines) is 1. The summed E-state index contributed by atoms with van der Waals surface area (Å²) in [6.45, 7) is 4.46. The average molecular weight is 266 g/mol. The van der Waals surface area contributed by atoms with Crippen LogP contribution >= 0.6 is 0 Å². The lowest BCUT2D eigenvalue weighted by molar-refractivity contribution is -0.130. The summed E-state index contributed by atoms with van der Waals surface area (Å²) in [6.07, 6.45) is 1.78. The molecule has 1 N–H and O–H groups in total. The van der Waals surface area contributed by atoms with Crippen molar-refractivity contribution in [3.05, 3.63) is 0 Å². The Bertz CT molecular complexity index is 364. The van der Waals surface area contributed by atoms with Gasteiger partial charge in [0.2, 0.25) is 11.8 Å². The summed E-state index contributed by atoms with van der Waals surface area (Å²) in [4.78, 5) is 26.5. The lowest BCUT2D eigenvalue weighted by Gasteiger charge is -2.19. The van der Waals surface area contributed by atoms with Crippen LogP contribution in [0.15, 0.2) is 0 Å². The molecule has 106 valence electrons. The van der Waals surface area contributed by atoms with Crippen LogP contribution in [-0.2, 0) is 9.59 Å². The SMILES string of the molecule is CC(=O)NC1CCN(CCC(=O)N(C)CCC#N)C1. The van der Waals surface area contributed by atoms with Gasteiger partial charge in [0.05, 0.1) is 12.5 Å².